The fourth-order valence-electron chi connectivity index (χ4n) is 1.50. The minimum atomic E-state index is -5.77. The topological polar surface area (TPSA) is 44.5 Å². The highest BCUT2D eigenvalue weighted by atomic mass is 79.9. The SMILES string of the molecule is COc1cc([C@H](N)C(F)(F)C(F)(F)F)c(OC)cc1Br. The van der Waals surface area contributed by atoms with Crippen molar-refractivity contribution >= 4 is 15.9 Å². The Morgan fingerprint density at radius 3 is 1.95 bits per heavy atom. The van der Waals surface area contributed by atoms with Crippen molar-refractivity contribution in [2.24, 2.45) is 5.73 Å². The summed E-state index contributed by atoms with van der Waals surface area (Å²) in [6.45, 7) is 0. The maximum absolute atomic E-state index is 13.3. The molecule has 2 N–H and O–H groups in total. The summed E-state index contributed by atoms with van der Waals surface area (Å²) in [6.07, 6.45) is -5.77. The third kappa shape index (κ3) is 2.98. The van der Waals surface area contributed by atoms with E-state index in [0.29, 0.717) is 4.47 Å². The standard InChI is InChI=1S/C11H11BrF5NO2/c1-19-7-4-6(12)8(20-2)3-5(7)9(18)10(13,14)11(15,16)17/h3-4,9H,18H2,1-2H3/t9-/m0/s1. The summed E-state index contributed by atoms with van der Waals surface area (Å²) < 4.78 is 73.6. The van der Waals surface area contributed by atoms with Crippen LogP contribution >= 0.6 is 15.9 Å². The van der Waals surface area contributed by atoms with Crippen LogP contribution in [0.4, 0.5) is 22.0 Å². The van der Waals surface area contributed by atoms with E-state index in [9.17, 15) is 22.0 Å². The van der Waals surface area contributed by atoms with Crippen LogP contribution in [0.25, 0.3) is 0 Å². The van der Waals surface area contributed by atoms with Gasteiger partial charge in [-0.2, -0.15) is 22.0 Å². The summed E-state index contributed by atoms with van der Waals surface area (Å²) in [4.78, 5) is 0. The summed E-state index contributed by atoms with van der Waals surface area (Å²) in [5, 5.41) is 0. The van der Waals surface area contributed by atoms with Gasteiger partial charge in [0.25, 0.3) is 0 Å². The quantitative estimate of drug-likeness (QED) is 0.830. The van der Waals surface area contributed by atoms with Gasteiger partial charge in [-0.25, -0.2) is 0 Å². The molecular weight excluding hydrogens is 353 g/mol. The maximum atomic E-state index is 13.3. The van der Waals surface area contributed by atoms with Gasteiger partial charge >= 0.3 is 12.1 Å². The van der Waals surface area contributed by atoms with Gasteiger partial charge in [0, 0.05) is 5.56 Å². The first kappa shape index (κ1) is 17.0. The Bertz CT molecular complexity index is 492. The largest absolute Gasteiger partial charge is 0.496 e. The van der Waals surface area contributed by atoms with Crippen LogP contribution in [-0.4, -0.2) is 26.3 Å². The van der Waals surface area contributed by atoms with Gasteiger partial charge in [0.2, 0.25) is 0 Å². The molecule has 0 amide bonds. The van der Waals surface area contributed by atoms with Crippen LogP contribution in [0.2, 0.25) is 0 Å². The molecule has 0 bridgehead atoms. The maximum Gasteiger partial charge on any atom is 0.455 e. The molecule has 1 atom stereocenters. The lowest BCUT2D eigenvalue weighted by molar-refractivity contribution is -0.291. The summed E-state index contributed by atoms with van der Waals surface area (Å²) in [5.74, 6) is -5.23. The number of methoxy groups -OCH3 is 2. The number of nitrogens with two attached hydrogens (primary N) is 1. The zero-order chi connectivity index (χ0) is 15.7. The van der Waals surface area contributed by atoms with Crippen molar-refractivity contribution in [3.63, 3.8) is 0 Å². The highest BCUT2D eigenvalue weighted by Crippen LogP contribution is 2.46. The highest BCUT2D eigenvalue weighted by Gasteiger charge is 2.62. The minimum Gasteiger partial charge on any atom is -0.496 e. The van der Waals surface area contributed by atoms with Crippen LogP contribution in [0.5, 0.6) is 11.5 Å². The number of hydrogen-bond donors (Lipinski definition) is 1. The second-order valence-electron chi connectivity index (χ2n) is 3.83. The molecule has 9 heteroatoms. The number of ether oxygens (including phenoxy) is 2. The first-order valence-electron chi connectivity index (χ1n) is 5.17. The Balaban J connectivity index is 3.38. The van der Waals surface area contributed by atoms with E-state index in [1.54, 1.807) is 0 Å². The van der Waals surface area contributed by atoms with Gasteiger partial charge in [-0.15, -0.1) is 0 Å². The second kappa shape index (κ2) is 5.72. The molecule has 1 rings (SSSR count). The summed E-state index contributed by atoms with van der Waals surface area (Å²) >= 11 is 3.07. The van der Waals surface area contributed by atoms with Crippen molar-refractivity contribution < 1.29 is 31.4 Å². The summed E-state index contributed by atoms with van der Waals surface area (Å²) in [7, 11) is 2.37. The van der Waals surface area contributed by atoms with Crippen molar-refractivity contribution in [3.05, 3.63) is 22.2 Å². The lowest BCUT2D eigenvalue weighted by Gasteiger charge is -2.27. The molecule has 3 nitrogen and oxygen atoms in total. The number of halogens is 6. The Hall–Kier alpha value is -1.09. The van der Waals surface area contributed by atoms with Crippen molar-refractivity contribution in [2.45, 2.75) is 18.1 Å². The van der Waals surface area contributed by atoms with E-state index in [4.69, 9.17) is 15.2 Å². The average Bonchev–Trinajstić information content (AvgIpc) is 2.36. The molecule has 0 aliphatic rings. The fraction of sp³-hybridized carbons (Fsp3) is 0.455. The number of hydrogen-bond acceptors (Lipinski definition) is 3. The molecule has 0 fully saturated rings. The Labute approximate surface area is 120 Å². The average molecular weight is 364 g/mol. The Morgan fingerprint density at radius 1 is 1.05 bits per heavy atom. The van der Waals surface area contributed by atoms with E-state index >= 15 is 0 Å². The van der Waals surface area contributed by atoms with Gasteiger partial charge in [-0.1, -0.05) is 0 Å². The van der Waals surface area contributed by atoms with Crippen molar-refractivity contribution in [2.75, 3.05) is 14.2 Å². The van der Waals surface area contributed by atoms with Crippen LogP contribution in [0.3, 0.4) is 0 Å². The zero-order valence-corrected chi connectivity index (χ0v) is 12.0. The molecule has 0 saturated carbocycles. The van der Waals surface area contributed by atoms with Gasteiger partial charge in [-0.3, -0.25) is 0 Å². The van der Waals surface area contributed by atoms with E-state index in [2.05, 4.69) is 15.9 Å². The molecule has 0 radical (unpaired) electrons. The highest BCUT2D eigenvalue weighted by molar-refractivity contribution is 9.10. The number of rotatable bonds is 4. The Morgan fingerprint density at radius 2 is 1.55 bits per heavy atom. The molecule has 0 spiro atoms. The van der Waals surface area contributed by atoms with Crippen LogP contribution in [0.1, 0.15) is 11.6 Å². The van der Waals surface area contributed by atoms with E-state index in [0.717, 1.165) is 13.2 Å². The normalized spacial score (nSPS) is 14.1. The van der Waals surface area contributed by atoms with Crippen LogP contribution in [0, 0.1) is 0 Å². The fourth-order valence-corrected chi connectivity index (χ4v) is 1.98. The summed E-state index contributed by atoms with van der Waals surface area (Å²) in [5.41, 5.74) is 4.58. The van der Waals surface area contributed by atoms with Gasteiger partial charge in [-0.05, 0) is 28.1 Å². The number of alkyl halides is 5. The third-order valence-electron chi connectivity index (χ3n) is 2.61. The molecule has 1 aromatic rings. The van der Waals surface area contributed by atoms with Crippen LogP contribution in [0.15, 0.2) is 16.6 Å². The van der Waals surface area contributed by atoms with Crippen molar-refractivity contribution in [1.82, 2.24) is 0 Å². The lowest BCUT2D eigenvalue weighted by Crippen LogP contribution is -2.46. The first-order chi connectivity index (χ1) is 9.06. The van der Waals surface area contributed by atoms with Crippen LogP contribution < -0.4 is 15.2 Å². The molecular formula is C11H11BrF5NO2. The zero-order valence-electron chi connectivity index (χ0n) is 10.4. The molecule has 114 valence electrons. The molecule has 0 unspecified atom stereocenters. The molecule has 0 heterocycles. The van der Waals surface area contributed by atoms with E-state index in [1.807, 2.05) is 0 Å². The molecule has 0 aromatic heterocycles. The Kier molecular flexibility index (Phi) is 4.86. The molecule has 0 aliphatic carbocycles. The van der Waals surface area contributed by atoms with Crippen molar-refractivity contribution in [1.29, 1.82) is 0 Å². The van der Waals surface area contributed by atoms with Crippen molar-refractivity contribution in [3.8, 4) is 11.5 Å². The van der Waals surface area contributed by atoms with E-state index < -0.39 is 23.7 Å². The van der Waals surface area contributed by atoms with Gasteiger partial charge < -0.3 is 15.2 Å². The molecule has 0 aliphatic heterocycles. The monoisotopic (exact) mass is 363 g/mol. The second-order valence-corrected chi connectivity index (χ2v) is 4.68. The van der Waals surface area contributed by atoms with Gasteiger partial charge in [0.1, 0.15) is 17.5 Å². The van der Waals surface area contributed by atoms with E-state index in [1.165, 1.54) is 13.2 Å². The van der Waals surface area contributed by atoms with Crippen LogP contribution in [-0.2, 0) is 0 Å². The smallest absolute Gasteiger partial charge is 0.455 e. The number of benzene rings is 1. The predicted octanol–water partition coefficient (Wildman–Crippen LogP) is 3.66. The predicted molar refractivity (Wildman–Crippen MR) is 65.2 cm³/mol. The van der Waals surface area contributed by atoms with Gasteiger partial charge in [0.15, 0.2) is 0 Å². The molecule has 0 saturated heterocycles. The first-order valence-corrected chi connectivity index (χ1v) is 5.97. The molecule has 20 heavy (non-hydrogen) atoms. The lowest BCUT2D eigenvalue weighted by atomic mass is 9.99. The van der Waals surface area contributed by atoms with Gasteiger partial charge in [0.05, 0.1) is 18.7 Å². The summed E-state index contributed by atoms with van der Waals surface area (Å²) in [6, 6.07) is -0.423. The van der Waals surface area contributed by atoms with E-state index in [-0.39, 0.29) is 11.5 Å². The minimum absolute atomic E-state index is 0.0641. The third-order valence-corrected chi connectivity index (χ3v) is 3.23. The molecule has 1 aromatic carbocycles.